The number of carbonyl (C=O) groups is 3. The van der Waals surface area contributed by atoms with Gasteiger partial charge in [0.15, 0.2) is 5.69 Å². The highest BCUT2D eigenvalue weighted by Crippen LogP contribution is 2.52. The molecule has 2 aromatic carbocycles. The molecule has 1 saturated heterocycles. The van der Waals surface area contributed by atoms with Crippen molar-refractivity contribution in [1.82, 2.24) is 35.8 Å². The summed E-state index contributed by atoms with van der Waals surface area (Å²) in [5.41, 5.74) is 3.69. The minimum atomic E-state index is -2.80. The first-order valence-corrected chi connectivity index (χ1v) is 16.4. The van der Waals surface area contributed by atoms with E-state index < -0.39 is 35.2 Å². The molecule has 4 aliphatic rings. The number of alkyl halides is 2. The number of anilines is 1. The van der Waals surface area contributed by atoms with E-state index in [0.717, 1.165) is 35.0 Å². The minimum Gasteiger partial charge on any atom is -0.340 e. The monoisotopic (exact) mass is 658 g/mol. The molecule has 1 unspecified atom stereocenters. The number of hydrogen-bond acceptors (Lipinski definition) is 7. The van der Waals surface area contributed by atoms with Gasteiger partial charge >= 0.3 is 6.03 Å². The molecule has 250 valence electrons. The summed E-state index contributed by atoms with van der Waals surface area (Å²) >= 11 is 0. The topological polar surface area (TPSA) is 158 Å². The molecule has 2 aromatic heterocycles. The van der Waals surface area contributed by atoms with E-state index in [1.807, 2.05) is 41.3 Å². The van der Waals surface area contributed by atoms with E-state index in [-0.39, 0.29) is 48.5 Å². The van der Waals surface area contributed by atoms with E-state index in [2.05, 4.69) is 35.9 Å². The number of imidazole rings is 1. The van der Waals surface area contributed by atoms with Crippen LogP contribution >= 0.6 is 0 Å². The molecule has 8 rings (SSSR count). The van der Waals surface area contributed by atoms with Crippen LogP contribution < -0.4 is 16.0 Å². The number of amides is 4. The summed E-state index contributed by atoms with van der Waals surface area (Å²) < 4.78 is 32.8. The van der Waals surface area contributed by atoms with Crippen molar-refractivity contribution in [3.63, 3.8) is 0 Å². The van der Waals surface area contributed by atoms with Gasteiger partial charge in [0, 0.05) is 49.9 Å². The van der Waals surface area contributed by atoms with E-state index in [1.54, 1.807) is 13.0 Å². The summed E-state index contributed by atoms with van der Waals surface area (Å²) in [6.45, 7) is 2.86. The molecule has 1 aliphatic heterocycles. The molecule has 2 atom stereocenters. The highest BCUT2D eigenvalue weighted by Gasteiger charge is 2.56. The van der Waals surface area contributed by atoms with Crippen LogP contribution in [0.4, 0.5) is 19.3 Å². The van der Waals surface area contributed by atoms with Crippen LogP contribution in [0.15, 0.2) is 47.1 Å². The molecular weight excluding hydrogens is 622 g/mol. The first kappa shape index (κ1) is 30.5. The lowest BCUT2D eigenvalue weighted by molar-refractivity contribution is -0.121. The number of nitrogens with zero attached hydrogens (tertiary/aromatic N) is 4. The summed E-state index contributed by atoms with van der Waals surface area (Å²) in [6, 6.07) is 12.2. The zero-order valence-corrected chi connectivity index (χ0v) is 26.4. The van der Waals surface area contributed by atoms with Gasteiger partial charge in [0.05, 0.1) is 11.0 Å². The normalized spacial score (nSPS) is 23.5. The average molecular weight is 659 g/mol. The number of fused-ring (bicyclic) bond motifs is 2. The van der Waals surface area contributed by atoms with Crippen LogP contribution in [0.25, 0.3) is 11.0 Å². The number of H-pyrrole nitrogens is 1. The second-order valence-electron chi connectivity index (χ2n) is 14.0. The number of rotatable bonds is 7. The minimum absolute atomic E-state index is 0.0666. The van der Waals surface area contributed by atoms with Crippen molar-refractivity contribution in [1.29, 1.82) is 0 Å². The Labute approximate surface area is 274 Å². The second kappa shape index (κ2) is 11.1. The summed E-state index contributed by atoms with van der Waals surface area (Å²) in [4.78, 5) is 50.9. The van der Waals surface area contributed by atoms with Crippen LogP contribution in [-0.2, 0) is 23.2 Å². The molecule has 0 bridgehead atoms. The third kappa shape index (κ3) is 5.36. The molecule has 3 fully saturated rings. The number of aryl methyl sites for hydroxylation is 1. The Hall–Kier alpha value is -4.88. The lowest BCUT2D eigenvalue weighted by Crippen LogP contribution is -2.61. The van der Waals surface area contributed by atoms with Crippen molar-refractivity contribution in [3.8, 4) is 0 Å². The molecular formula is C34H36F2N8O4. The van der Waals surface area contributed by atoms with Crippen molar-refractivity contribution in [2.45, 2.75) is 75.8 Å². The summed E-state index contributed by atoms with van der Waals surface area (Å²) in [5, 5.41) is 16.1. The zero-order valence-electron chi connectivity index (χ0n) is 26.4. The Bertz CT molecular complexity index is 1890. The van der Waals surface area contributed by atoms with E-state index in [1.165, 1.54) is 0 Å². The highest BCUT2D eigenvalue weighted by molar-refractivity contribution is 6.01. The Morgan fingerprint density at radius 1 is 1.04 bits per heavy atom. The van der Waals surface area contributed by atoms with Gasteiger partial charge < -0.3 is 25.8 Å². The lowest BCUT2D eigenvalue weighted by Gasteiger charge is -2.45. The molecule has 0 radical (unpaired) electrons. The number of hydrogen-bond donors (Lipinski definition) is 4. The molecule has 4 aromatic rings. The van der Waals surface area contributed by atoms with Gasteiger partial charge in [0.25, 0.3) is 5.91 Å². The molecule has 4 N–H and O–H groups in total. The summed E-state index contributed by atoms with van der Waals surface area (Å²) in [6.07, 6.45) is 2.56. The van der Waals surface area contributed by atoms with Crippen LogP contribution in [0.3, 0.4) is 0 Å². The van der Waals surface area contributed by atoms with Crippen LogP contribution in [-0.4, -0.2) is 68.1 Å². The van der Waals surface area contributed by atoms with Gasteiger partial charge in [-0.1, -0.05) is 23.4 Å². The first-order chi connectivity index (χ1) is 23.0. The predicted molar refractivity (Wildman–Crippen MR) is 169 cm³/mol. The number of benzene rings is 2. The van der Waals surface area contributed by atoms with Crippen molar-refractivity contribution in [2.24, 2.45) is 11.3 Å². The average Bonchev–Trinajstić information content (AvgIpc) is 3.37. The van der Waals surface area contributed by atoms with Gasteiger partial charge in [-0.15, -0.1) is 0 Å². The summed E-state index contributed by atoms with van der Waals surface area (Å²) in [5.74, 6) is -3.77. The maximum absolute atomic E-state index is 14.1. The Balaban J connectivity index is 1.08. The Kier molecular flexibility index (Phi) is 7.04. The Morgan fingerprint density at radius 3 is 2.54 bits per heavy atom. The second-order valence-corrected chi connectivity index (χ2v) is 14.0. The first-order valence-electron chi connectivity index (χ1n) is 16.4. The molecule has 14 heteroatoms. The molecule has 4 amide bonds. The largest absolute Gasteiger partial charge is 0.340 e. The van der Waals surface area contributed by atoms with Crippen molar-refractivity contribution in [2.75, 3.05) is 18.4 Å². The van der Waals surface area contributed by atoms with Gasteiger partial charge in [0.2, 0.25) is 11.8 Å². The molecule has 12 nitrogen and oxygen atoms in total. The molecule has 1 spiro atoms. The van der Waals surface area contributed by atoms with Gasteiger partial charge in [0.1, 0.15) is 23.1 Å². The number of urea groups is 1. The smallest absolute Gasteiger partial charge is 0.318 e. The highest BCUT2D eigenvalue weighted by atomic mass is 19.3. The Morgan fingerprint density at radius 2 is 1.81 bits per heavy atom. The number of halogens is 2. The third-order valence-electron chi connectivity index (χ3n) is 10.8. The van der Waals surface area contributed by atoms with Crippen LogP contribution in [0.5, 0.6) is 0 Å². The summed E-state index contributed by atoms with van der Waals surface area (Å²) in [7, 11) is 0. The molecule has 2 saturated carbocycles. The fourth-order valence-corrected chi connectivity index (χ4v) is 7.73. The molecule has 48 heavy (non-hydrogen) atoms. The number of nitrogens with one attached hydrogen (secondary N) is 4. The van der Waals surface area contributed by atoms with Gasteiger partial charge in [-0.3, -0.25) is 9.59 Å². The fourth-order valence-electron chi connectivity index (χ4n) is 7.73. The fraction of sp³-hybridized carbons (Fsp3) is 0.471. The molecule has 3 heterocycles. The van der Waals surface area contributed by atoms with Gasteiger partial charge in [-0.25, -0.2) is 23.2 Å². The number of aromatic amines is 1. The van der Waals surface area contributed by atoms with E-state index in [9.17, 15) is 23.2 Å². The maximum atomic E-state index is 14.1. The van der Waals surface area contributed by atoms with Crippen LogP contribution in [0, 0.1) is 18.3 Å². The molecule has 3 aliphatic carbocycles. The number of carbonyl (C=O) groups excluding carboxylic acids is 3. The lowest BCUT2D eigenvalue weighted by atomic mass is 9.81. The van der Waals surface area contributed by atoms with E-state index in [0.29, 0.717) is 37.4 Å². The van der Waals surface area contributed by atoms with Gasteiger partial charge in [-0.05, 0) is 79.1 Å². The zero-order chi connectivity index (χ0) is 33.3. The van der Waals surface area contributed by atoms with Gasteiger partial charge in [-0.2, -0.15) is 0 Å². The third-order valence-corrected chi connectivity index (χ3v) is 10.8. The van der Waals surface area contributed by atoms with Crippen LogP contribution in [0.1, 0.15) is 71.7 Å². The number of aromatic nitrogens is 4. The van der Waals surface area contributed by atoms with Crippen LogP contribution in [0.2, 0.25) is 0 Å². The van der Waals surface area contributed by atoms with E-state index >= 15 is 0 Å². The van der Waals surface area contributed by atoms with Crippen molar-refractivity contribution in [3.05, 3.63) is 70.8 Å². The number of para-hydroxylation sites is 2. The maximum Gasteiger partial charge on any atom is 0.318 e. The van der Waals surface area contributed by atoms with Crippen molar-refractivity contribution < 1.29 is 27.8 Å². The van der Waals surface area contributed by atoms with Crippen molar-refractivity contribution >= 4 is 34.6 Å². The SMILES string of the molecule is Cc1nonc1C(=O)N[C@H](C(=O)Nc1ccc2c(c1)CC(c1nc3ccccc3[nH]1)(N1CC3(CC3)CNC1=O)C2)C1CCC(F)(F)CC1. The quantitative estimate of drug-likeness (QED) is 0.226. The standard InChI is InChI=1S/C34H36F2N8O4/c1-19-26(43-48-42-19)28(45)41-27(20-8-10-34(35,36)11-9-20)29(46)38-23-7-6-21-15-33(16-22(21)14-23,30-39-24-4-2-3-5-25(24)40-30)44-18-32(12-13-32)17-37-31(44)47/h2-7,14,20,27H,8-13,15-18H2,1H3,(H,37,47)(H,38,46)(H,39,40)(H,41,45)/t27-,33?/m0/s1. The van der Waals surface area contributed by atoms with E-state index in [4.69, 9.17) is 4.98 Å². The predicted octanol–water partition coefficient (Wildman–Crippen LogP) is 4.62.